The van der Waals surface area contributed by atoms with Gasteiger partial charge in [-0.25, -0.2) is 0 Å². The number of hydrogen-bond donors (Lipinski definition) is 0. The van der Waals surface area contributed by atoms with Crippen LogP contribution in [0.1, 0.15) is 46.9 Å². The molecule has 1 unspecified atom stereocenters. The molecule has 0 aromatic carbocycles. The number of carbonyl (C=O) groups excluding carboxylic acids is 1. The number of rotatable bonds is 6. The van der Waals surface area contributed by atoms with Crippen LogP contribution in [0.3, 0.4) is 0 Å². The molecule has 6 nitrogen and oxygen atoms in total. The van der Waals surface area contributed by atoms with Crippen molar-refractivity contribution in [1.82, 2.24) is 19.6 Å². The third-order valence-electron chi connectivity index (χ3n) is 5.58. The minimum Gasteiger partial charge on any atom is -0.383 e. The van der Waals surface area contributed by atoms with Crippen LogP contribution in [0.25, 0.3) is 0 Å². The molecule has 1 saturated heterocycles. The Bertz CT molecular complexity index is 758. The van der Waals surface area contributed by atoms with Crippen molar-refractivity contribution in [2.75, 3.05) is 39.9 Å². The Labute approximate surface area is 164 Å². The van der Waals surface area contributed by atoms with Crippen LogP contribution < -0.4 is 0 Å². The summed E-state index contributed by atoms with van der Waals surface area (Å²) in [4.78, 5) is 17.3. The number of methoxy groups -OCH3 is 1. The normalized spacial score (nSPS) is 21.3. The molecule has 7 heteroatoms. The van der Waals surface area contributed by atoms with Gasteiger partial charge in [0.2, 0.25) is 0 Å². The molecule has 2 aliphatic heterocycles. The van der Waals surface area contributed by atoms with Crippen LogP contribution in [0.4, 0.5) is 0 Å². The van der Waals surface area contributed by atoms with Gasteiger partial charge < -0.3 is 9.64 Å². The number of aryl methyl sites for hydroxylation is 1. The van der Waals surface area contributed by atoms with E-state index in [0.29, 0.717) is 19.1 Å². The molecule has 27 heavy (non-hydrogen) atoms. The lowest BCUT2D eigenvalue weighted by atomic mass is 9.94. The maximum absolute atomic E-state index is 12.9. The van der Waals surface area contributed by atoms with Gasteiger partial charge in [-0.1, -0.05) is 0 Å². The fourth-order valence-electron chi connectivity index (χ4n) is 4.15. The number of aromatic nitrogens is 2. The van der Waals surface area contributed by atoms with Crippen molar-refractivity contribution >= 4 is 17.2 Å². The topological polar surface area (TPSA) is 50.6 Å². The smallest absolute Gasteiger partial charge is 0.272 e. The fourth-order valence-corrected chi connectivity index (χ4v) is 4.81. The summed E-state index contributed by atoms with van der Waals surface area (Å²) in [6.07, 6.45) is 3.28. The third-order valence-corrected chi connectivity index (χ3v) is 6.31. The Kier molecular flexibility index (Phi) is 5.90. The monoisotopic (exact) mass is 388 g/mol. The molecule has 0 radical (unpaired) electrons. The molecule has 146 valence electrons. The molecular weight excluding hydrogens is 360 g/mol. The van der Waals surface area contributed by atoms with Crippen molar-refractivity contribution in [2.45, 2.75) is 38.3 Å². The van der Waals surface area contributed by atoms with Crippen molar-refractivity contribution in [3.8, 4) is 0 Å². The first-order chi connectivity index (χ1) is 13.2. The molecule has 2 aromatic rings. The van der Waals surface area contributed by atoms with Crippen LogP contribution in [0.15, 0.2) is 22.9 Å². The van der Waals surface area contributed by atoms with E-state index >= 15 is 0 Å². The van der Waals surface area contributed by atoms with E-state index in [9.17, 15) is 4.79 Å². The summed E-state index contributed by atoms with van der Waals surface area (Å²) in [5.41, 5.74) is 3.22. The lowest BCUT2D eigenvalue weighted by Gasteiger charge is -2.31. The second kappa shape index (κ2) is 8.54. The number of piperidine rings is 1. The molecule has 0 saturated carbocycles. The molecule has 2 aromatic heterocycles. The van der Waals surface area contributed by atoms with Gasteiger partial charge in [0.25, 0.3) is 5.91 Å². The minimum absolute atomic E-state index is 0.0919. The highest BCUT2D eigenvalue weighted by Crippen LogP contribution is 2.28. The summed E-state index contributed by atoms with van der Waals surface area (Å²) in [6, 6.07) is 4.26. The summed E-state index contributed by atoms with van der Waals surface area (Å²) in [6.45, 7) is 5.99. The Balaban J connectivity index is 1.47. The predicted molar refractivity (Wildman–Crippen MR) is 106 cm³/mol. The summed E-state index contributed by atoms with van der Waals surface area (Å²) in [5, 5.41) is 9.22. The first-order valence-electron chi connectivity index (χ1n) is 9.84. The second-order valence-corrected chi connectivity index (χ2v) is 8.30. The summed E-state index contributed by atoms with van der Waals surface area (Å²) in [5.74, 6) is 0.506. The summed E-state index contributed by atoms with van der Waals surface area (Å²) < 4.78 is 7.09. The molecule has 1 amide bonds. The molecule has 4 heterocycles. The van der Waals surface area contributed by atoms with E-state index in [-0.39, 0.29) is 5.91 Å². The van der Waals surface area contributed by atoms with Gasteiger partial charge in [-0.2, -0.15) is 16.4 Å². The Morgan fingerprint density at radius 2 is 2.22 bits per heavy atom. The number of hydrogen-bond acceptors (Lipinski definition) is 5. The van der Waals surface area contributed by atoms with E-state index in [0.717, 1.165) is 57.0 Å². The molecule has 0 bridgehead atoms. The van der Waals surface area contributed by atoms with Gasteiger partial charge in [0, 0.05) is 45.8 Å². The first kappa shape index (κ1) is 18.7. The quantitative estimate of drug-likeness (QED) is 0.764. The lowest BCUT2D eigenvalue weighted by molar-refractivity contribution is 0.0698. The van der Waals surface area contributed by atoms with Crippen LogP contribution in [-0.2, 0) is 17.8 Å². The van der Waals surface area contributed by atoms with Gasteiger partial charge in [-0.3, -0.25) is 14.4 Å². The number of nitrogens with zero attached hydrogens (tertiary/aromatic N) is 4. The molecule has 0 N–H and O–H groups in total. The number of carbonyl (C=O) groups is 1. The van der Waals surface area contributed by atoms with Crippen LogP contribution >= 0.6 is 11.3 Å². The molecule has 4 rings (SSSR count). The van der Waals surface area contributed by atoms with Crippen molar-refractivity contribution in [3.63, 3.8) is 0 Å². The third kappa shape index (κ3) is 4.25. The molecule has 2 aliphatic rings. The number of amides is 1. The maximum atomic E-state index is 12.9. The second-order valence-electron chi connectivity index (χ2n) is 7.52. The van der Waals surface area contributed by atoms with E-state index in [4.69, 9.17) is 9.84 Å². The zero-order valence-electron chi connectivity index (χ0n) is 16.0. The largest absolute Gasteiger partial charge is 0.383 e. The average Bonchev–Trinajstić information content (AvgIpc) is 3.31. The van der Waals surface area contributed by atoms with Gasteiger partial charge in [-0.15, -0.1) is 0 Å². The van der Waals surface area contributed by atoms with E-state index in [1.54, 1.807) is 18.4 Å². The van der Waals surface area contributed by atoms with Crippen molar-refractivity contribution in [2.24, 2.45) is 0 Å². The molecule has 0 aliphatic carbocycles. The zero-order chi connectivity index (χ0) is 18.6. The Hall–Kier alpha value is -1.70. The van der Waals surface area contributed by atoms with Gasteiger partial charge in [0.05, 0.1) is 12.3 Å². The predicted octanol–water partition coefficient (Wildman–Crippen LogP) is 2.82. The maximum Gasteiger partial charge on any atom is 0.272 e. The molecular formula is C20H28N4O2S. The lowest BCUT2D eigenvalue weighted by Crippen LogP contribution is -2.34. The van der Waals surface area contributed by atoms with E-state index in [2.05, 4.69) is 21.7 Å². The number of ether oxygens (including phenoxy) is 1. The standard InChI is InChI=1S/C20H28N4O2S/c1-26-10-9-23-7-3-8-24-19(20(23)25)12-18(21-24)17-4-2-6-22(14-17)13-16-5-11-27-15-16/h5,11-12,15,17H,2-4,6-10,13-14H2,1H3. The van der Waals surface area contributed by atoms with E-state index in [1.807, 2.05) is 15.6 Å². The van der Waals surface area contributed by atoms with Gasteiger partial charge in [0.15, 0.2) is 0 Å². The molecule has 1 atom stereocenters. The van der Waals surface area contributed by atoms with E-state index in [1.165, 1.54) is 12.0 Å². The van der Waals surface area contributed by atoms with Crippen LogP contribution in [-0.4, -0.2) is 65.4 Å². The molecule has 1 fully saturated rings. The SMILES string of the molecule is COCCN1CCCn2nc(C3CCCN(Cc4ccsc4)C3)cc2C1=O. The Morgan fingerprint density at radius 3 is 3.04 bits per heavy atom. The van der Waals surface area contributed by atoms with Gasteiger partial charge in [0.1, 0.15) is 5.69 Å². The van der Waals surface area contributed by atoms with Crippen LogP contribution in [0.5, 0.6) is 0 Å². The van der Waals surface area contributed by atoms with Crippen LogP contribution in [0.2, 0.25) is 0 Å². The number of fused-ring (bicyclic) bond motifs is 1. The van der Waals surface area contributed by atoms with Crippen molar-refractivity contribution < 1.29 is 9.53 Å². The summed E-state index contributed by atoms with van der Waals surface area (Å²) >= 11 is 1.76. The summed E-state index contributed by atoms with van der Waals surface area (Å²) in [7, 11) is 1.68. The first-order valence-corrected chi connectivity index (χ1v) is 10.8. The highest BCUT2D eigenvalue weighted by Gasteiger charge is 2.28. The minimum atomic E-state index is 0.0919. The van der Waals surface area contributed by atoms with E-state index < -0.39 is 0 Å². The highest BCUT2D eigenvalue weighted by molar-refractivity contribution is 7.07. The number of likely N-dealkylation sites (tertiary alicyclic amines) is 1. The fraction of sp³-hybridized carbons (Fsp3) is 0.600. The van der Waals surface area contributed by atoms with Gasteiger partial charge in [-0.05, 0) is 54.3 Å². The molecule has 0 spiro atoms. The van der Waals surface area contributed by atoms with Crippen molar-refractivity contribution in [1.29, 1.82) is 0 Å². The van der Waals surface area contributed by atoms with Gasteiger partial charge >= 0.3 is 0 Å². The zero-order valence-corrected chi connectivity index (χ0v) is 16.8. The average molecular weight is 389 g/mol. The number of thiophene rings is 1. The van der Waals surface area contributed by atoms with Crippen molar-refractivity contribution in [3.05, 3.63) is 39.8 Å². The van der Waals surface area contributed by atoms with Crippen LogP contribution in [0, 0.1) is 0 Å². The highest BCUT2D eigenvalue weighted by atomic mass is 32.1. The Morgan fingerprint density at radius 1 is 1.30 bits per heavy atom.